The van der Waals surface area contributed by atoms with Gasteiger partial charge in [0.1, 0.15) is 23.5 Å². The van der Waals surface area contributed by atoms with E-state index in [0.717, 1.165) is 43.0 Å². The van der Waals surface area contributed by atoms with E-state index in [2.05, 4.69) is 57.9 Å². The van der Waals surface area contributed by atoms with Gasteiger partial charge in [-0.3, -0.25) is 19.2 Å². The van der Waals surface area contributed by atoms with Crippen molar-refractivity contribution in [1.82, 2.24) is 20.1 Å². The summed E-state index contributed by atoms with van der Waals surface area (Å²) in [5.74, 6) is 18.0. The molecule has 5 rings (SSSR count). The maximum Gasteiger partial charge on any atom is 0.223 e. The van der Waals surface area contributed by atoms with Gasteiger partial charge in [0.15, 0.2) is 5.82 Å². The third-order valence-corrected chi connectivity index (χ3v) is 8.66. The van der Waals surface area contributed by atoms with Gasteiger partial charge in [-0.1, -0.05) is 47.4 Å². The SMILES string of the molecule is Cc1sc2c(c1C)C(c1ccc(Cl)cc1)=NC(CC(=O)NCC#Cc1ccc(C#CCON)s1)c1nnc(C)n1-2. The van der Waals surface area contributed by atoms with Crippen LogP contribution in [0.1, 0.15) is 55.4 Å². The molecular formula is C29H25ClN6O2S2. The summed E-state index contributed by atoms with van der Waals surface area (Å²) < 4.78 is 2.03. The lowest BCUT2D eigenvalue weighted by atomic mass is 9.99. The predicted octanol–water partition coefficient (Wildman–Crippen LogP) is 4.66. The van der Waals surface area contributed by atoms with Gasteiger partial charge < -0.3 is 5.32 Å². The molecule has 1 aromatic carbocycles. The number of fused-ring (bicyclic) bond motifs is 3. The van der Waals surface area contributed by atoms with E-state index in [4.69, 9.17) is 22.5 Å². The fraction of sp³-hybridized carbons (Fsp3) is 0.241. The summed E-state index contributed by atoms with van der Waals surface area (Å²) in [6.07, 6.45) is 0.103. The van der Waals surface area contributed by atoms with Crippen LogP contribution in [0.15, 0.2) is 41.4 Å². The number of aliphatic imine (C=N–C) groups is 1. The Balaban J connectivity index is 1.38. The van der Waals surface area contributed by atoms with Crippen LogP contribution in [0.3, 0.4) is 0 Å². The molecule has 0 saturated heterocycles. The number of aromatic nitrogens is 3. The Bertz CT molecular complexity index is 1730. The number of rotatable bonds is 5. The largest absolute Gasteiger partial charge is 0.345 e. The van der Waals surface area contributed by atoms with E-state index >= 15 is 0 Å². The monoisotopic (exact) mass is 588 g/mol. The average molecular weight is 589 g/mol. The molecule has 0 saturated carbocycles. The Morgan fingerprint density at radius 3 is 2.52 bits per heavy atom. The molecule has 4 heterocycles. The smallest absolute Gasteiger partial charge is 0.223 e. The fourth-order valence-corrected chi connectivity index (χ4v) is 6.39. The van der Waals surface area contributed by atoms with Gasteiger partial charge in [0.25, 0.3) is 0 Å². The van der Waals surface area contributed by atoms with Crippen LogP contribution in [0.25, 0.3) is 5.00 Å². The van der Waals surface area contributed by atoms with Gasteiger partial charge in [0, 0.05) is 21.0 Å². The first-order valence-corrected chi connectivity index (χ1v) is 14.4. The van der Waals surface area contributed by atoms with Crippen molar-refractivity contribution >= 4 is 45.9 Å². The lowest BCUT2D eigenvalue weighted by molar-refractivity contribution is -0.121. The minimum absolute atomic E-state index is 0.103. The standard InChI is InChI=1S/C29H25ClN6O2S2/c1-17-18(2)39-29-26(17)27(20-8-10-21(30)11-9-20)33-24(28-35-34-19(3)36(28)29)16-25(37)32-14-4-6-22-12-13-23(40-22)7-5-15-38-31/h8-13,24H,14-16,31H2,1-3H3,(H,32,37). The number of thiophene rings is 2. The van der Waals surface area contributed by atoms with Crippen LogP contribution in [-0.2, 0) is 9.63 Å². The summed E-state index contributed by atoms with van der Waals surface area (Å²) in [4.78, 5) is 25.6. The summed E-state index contributed by atoms with van der Waals surface area (Å²) in [5, 5.41) is 13.3. The van der Waals surface area contributed by atoms with Crippen molar-refractivity contribution in [2.45, 2.75) is 33.2 Å². The zero-order valence-electron chi connectivity index (χ0n) is 22.0. The normalized spacial score (nSPS) is 13.6. The highest BCUT2D eigenvalue weighted by Gasteiger charge is 2.32. The topological polar surface area (TPSA) is 107 Å². The predicted molar refractivity (Wildman–Crippen MR) is 159 cm³/mol. The van der Waals surface area contributed by atoms with E-state index in [1.165, 1.54) is 16.2 Å². The summed E-state index contributed by atoms with van der Waals surface area (Å²) in [5.41, 5.74) is 3.90. The van der Waals surface area contributed by atoms with Crippen molar-refractivity contribution in [3.8, 4) is 28.7 Å². The number of nitrogens with two attached hydrogens (primary N) is 1. The lowest BCUT2D eigenvalue weighted by Gasteiger charge is -2.12. The fourth-order valence-electron chi connectivity index (χ4n) is 4.29. The Labute approximate surface area is 245 Å². The molecule has 4 aromatic rings. The van der Waals surface area contributed by atoms with Gasteiger partial charge >= 0.3 is 0 Å². The summed E-state index contributed by atoms with van der Waals surface area (Å²) in [7, 11) is 0. The number of nitrogens with zero attached hydrogens (tertiary/aromatic N) is 4. The first-order valence-electron chi connectivity index (χ1n) is 12.4. The number of halogens is 1. The molecule has 1 unspecified atom stereocenters. The highest BCUT2D eigenvalue weighted by Crippen LogP contribution is 2.39. The molecule has 0 bridgehead atoms. The summed E-state index contributed by atoms with van der Waals surface area (Å²) in [6.45, 7) is 6.48. The molecule has 0 radical (unpaired) electrons. The molecule has 1 aliphatic heterocycles. The Morgan fingerprint density at radius 2 is 1.80 bits per heavy atom. The number of amides is 1. The Morgan fingerprint density at radius 1 is 1.07 bits per heavy atom. The van der Waals surface area contributed by atoms with Gasteiger partial charge in [-0.2, -0.15) is 0 Å². The van der Waals surface area contributed by atoms with Crippen LogP contribution < -0.4 is 11.2 Å². The molecular weight excluding hydrogens is 564 g/mol. The lowest BCUT2D eigenvalue weighted by Crippen LogP contribution is -2.25. The summed E-state index contributed by atoms with van der Waals surface area (Å²) in [6, 6.07) is 10.9. The molecule has 1 aliphatic rings. The minimum atomic E-state index is -0.532. The second kappa shape index (κ2) is 12.2. The van der Waals surface area contributed by atoms with E-state index in [0.29, 0.717) is 10.8 Å². The maximum atomic E-state index is 13.1. The second-order valence-corrected chi connectivity index (χ2v) is 11.7. The number of nitrogens with one attached hydrogen (secondary N) is 1. The third-order valence-electron chi connectivity index (χ3n) is 6.29. The number of hydrogen-bond acceptors (Lipinski definition) is 8. The molecule has 3 N–H and O–H groups in total. The Kier molecular flexibility index (Phi) is 8.46. The average Bonchev–Trinajstić information content (AvgIpc) is 3.60. The quantitative estimate of drug-likeness (QED) is 0.260. The number of carbonyl (C=O) groups is 1. The van der Waals surface area contributed by atoms with Crippen LogP contribution >= 0.6 is 34.3 Å². The van der Waals surface area contributed by atoms with Crippen molar-refractivity contribution in [3.05, 3.63) is 84.4 Å². The zero-order valence-corrected chi connectivity index (χ0v) is 24.4. The Hall–Kier alpha value is -3.77. The number of hydrogen-bond donors (Lipinski definition) is 2. The highest BCUT2D eigenvalue weighted by atomic mass is 35.5. The highest BCUT2D eigenvalue weighted by molar-refractivity contribution is 7.15. The van der Waals surface area contributed by atoms with Crippen LogP contribution in [0, 0.1) is 44.5 Å². The van der Waals surface area contributed by atoms with E-state index in [1.807, 2.05) is 47.9 Å². The van der Waals surface area contributed by atoms with Crippen molar-refractivity contribution in [3.63, 3.8) is 0 Å². The molecule has 0 fully saturated rings. The van der Waals surface area contributed by atoms with Crippen LogP contribution in [0.5, 0.6) is 0 Å². The van der Waals surface area contributed by atoms with Gasteiger partial charge in [-0.05, 0) is 50.6 Å². The van der Waals surface area contributed by atoms with Gasteiger partial charge in [0.2, 0.25) is 5.91 Å². The van der Waals surface area contributed by atoms with Gasteiger partial charge in [-0.15, -0.1) is 32.9 Å². The first-order chi connectivity index (χ1) is 19.4. The second-order valence-electron chi connectivity index (χ2n) is 8.96. The molecule has 11 heteroatoms. The van der Waals surface area contributed by atoms with E-state index in [9.17, 15) is 4.79 Å². The van der Waals surface area contributed by atoms with Crippen LogP contribution in [0.2, 0.25) is 5.02 Å². The molecule has 1 atom stereocenters. The molecule has 8 nitrogen and oxygen atoms in total. The van der Waals surface area contributed by atoms with E-state index in [1.54, 1.807) is 11.3 Å². The van der Waals surface area contributed by atoms with Crippen molar-refractivity contribution < 1.29 is 9.63 Å². The maximum absolute atomic E-state index is 13.1. The molecule has 3 aromatic heterocycles. The molecule has 0 spiro atoms. The molecule has 40 heavy (non-hydrogen) atoms. The number of benzene rings is 1. The minimum Gasteiger partial charge on any atom is -0.345 e. The van der Waals surface area contributed by atoms with Gasteiger partial charge in [0.05, 0.1) is 28.4 Å². The number of carbonyl (C=O) groups excluding carboxylic acids is 1. The molecule has 202 valence electrons. The van der Waals surface area contributed by atoms with Crippen molar-refractivity contribution in [1.29, 1.82) is 0 Å². The van der Waals surface area contributed by atoms with E-state index < -0.39 is 6.04 Å². The zero-order chi connectivity index (χ0) is 28.2. The third kappa shape index (κ3) is 5.87. The molecule has 1 amide bonds. The van der Waals surface area contributed by atoms with Crippen molar-refractivity contribution in [2.24, 2.45) is 10.9 Å². The molecule has 0 aliphatic carbocycles. The number of aryl methyl sites for hydroxylation is 2. The first kappa shape index (κ1) is 27.8. The van der Waals surface area contributed by atoms with Crippen LogP contribution in [-0.4, -0.2) is 39.5 Å². The van der Waals surface area contributed by atoms with E-state index in [-0.39, 0.29) is 25.5 Å². The summed E-state index contributed by atoms with van der Waals surface area (Å²) >= 11 is 9.32. The van der Waals surface area contributed by atoms with Gasteiger partial charge in [-0.25, -0.2) is 5.90 Å². The van der Waals surface area contributed by atoms with Crippen LogP contribution in [0.4, 0.5) is 0 Å². The van der Waals surface area contributed by atoms with Crippen molar-refractivity contribution in [2.75, 3.05) is 13.2 Å².